The second kappa shape index (κ2) is 8.89. The molecule has 1 aliphatic heterocycles. The summed E-state index contributed by atoms with van der Waals surface area (Å²) in [4.78, 5) is 18.4. The number of halogens is 3. The number of carbonyl (C=O) groups is 1. The Hall–Kier alpha value is -2.57. The molecule has 0 saturated carbocycles. The fraction of sp³-hybridized carbons (Fsp3) is 0.500. The van der Waals surface area contributed by atoms with Crippen LogP contribution in [0.2, 0.25) is 0 Å². The van der Waals surface area contributed by atoms with Crippen molar-refractivity contribution in [3.8, 4) is 0 Å². The molecule has 2 aliphatic rings. The zero-order valence-electron chi connectivity index (χ0n) is 17.8. The summed E-state index contributed by atoms with van der Waals surface area (Å²) in [7, 11) is 0. The molecule has 1 amide bonds. The van der Waals surface area contributed by atoms with Gasteiger partial charge in [0.15, 0.2) is 0 Å². The third kappa shape index (κ3) is 5.20. The fourth-order valence-corrected chi connectivity index (χ4v) is 4.44. The van der Waals surface area contributed by atoms with E-state index in [2.05, 4.69) is 29.4 Å². The number of anilines is 1. The summed E-state index contributed by atoms with van der Waals surface area (Å²) in [5.41, 5.74) is 3.37. The molecule has 31 heavy (non-hydrogen) atoms. The van der Waals surface area contributed by atoms with Gasteiger partial charge in [-0.1, -0.05) is 31.2 Å². The van der Waals surface area contributed by atoms with Crippen LogP contribution in [0.5, 0.6) is 0 Å². The lowest BCUT2D eigenvalue weighted by molar-refractivity contribution is -0.141. The van der Waals surface area contributed by atoms with Crippen molar-refractivity contribution in [2.45, 2.75) is 58.2 Å². The minimum atomic E-state index is -4.49. The number of rotatable bonds is 5. The van der Waals surface area contributed by atoms with Gasteiger partial charge in [-0.05, 0) is 60.8 Å². The zero-order chi connectivity index (χ0) is 22.0. The van der Waals surface area contributed by atoms with Gasteiger partial charge in [0.1, 0.15) is 11.5 Å². The average Bonchev–Trinajstić information content (AvgIpc) is 3.20. The lowest BCUT2D eigenvalue weighted by Crippen LogP contribution is -2.35. The van der Waals surface area contributed by atoms with Crippen LogP contribution < -0.4 is 10.2 Å². The molecule has 4 nitrogen and oxygen atoms in total. The summed E-state index contributed by atoms with van der Waals surface area (Å²) in [6.07, 6.45) is 0.916. The third-order valence-electron chi connectivity index (χ3n) is 6.33. The number of benzene rings is 1. The highest BCUT2D eigenvalue weighted by Crippen LogP contribution is 2.32. The molecule has 0 unspecified atom stereocenters. The molecule has 1 N–H and O–H groups in total. The van der Waals surface area contributed by atoms with Crippen LogP contribution in [-0.2, 0) is 36.8 Å². The van der Waals surface area contributed by atoms with Gasteiger partial charge in [-0.15, -0.1) is 0 Å². The molecule has 0 spiro atoms. The summed E-state index contributed by atoms with van der Waals surface area (Å²) in [5.74, 6) is 0.744. The Labute approximate surface area is 180 Å². The molecule has 0 radical (unpaired) electrons. The van der Waals surface area contributed by atoms with Crippen LogP contribution in [-0.4, -0.2) is 24.0 Å². The van der Waals surface area contributed by atoms with E-state index in [4.69, 9.17) is 0 Å². The Morgan fingerprint density at radius 3 is 2.61 bits per heavy atom. The Morgan fingerprint density at radius 1 is 1.13 bits per heavy atom. The van der Waals surface area contributed by atoms with Crippen LogP contribution in [0, 0.1) is 5.92 Å². The van der Waals surface area contributed by atoms with E-state index in [1.807, 2.05) is 11.0 Å². The van der Waals surface area contributed by atoms with E-state index in [-0.39, 0.29) is 18.9 Å². The van der Waals surface area contributed by atoms with E-state index in [0.29, 0.717) is 30.4 Å². The third-order valence-corrected chi connectivity index (χ3v) is 6.33. The fourth-order valence-electron chi connectivity index (χ4n) is 4.44. The van der Waals surface area contributed by atoms with Gasteiger partial charge in [-0.3, -0.25) is 4.79 Å². The SMILES string of the molecule is CC1CCN(c2nc(C(F)(F)F)ccc2CNC(=O)Cc2ccc3c(c2)CCC3)CC1. The van der Waals surface area contributed by atoms with Gasteiger partial charge >= 0.3 is 6.18 Å². The number of hydrogen-bond donors (Lipinski definition) is 1. The van der Waals surface area contributed by atoms with Crippen LogP contribution in [0.25, 0.3) is 0 Å². The predicted octanol–water partition coefficient (Wildman–Crippen LogP) is 4.68. The maximum absolute atomic E-state index is 13.2. The van der Waals surface area contributed by atoms with E-state index >= 15 is 0 Å². The molecule has 2 aromatic rings. The Kier molecular flexibility index (Phi) is 6.21. The maximum atomic E-state index is 13.2. The van der Waals surface area contributed by atoms with Crippen molar-refractivity contribution >= 4 is 11.7 Å². The van der Waals surface area contributed by atoms with Gasteiger partial charge in [0.05, 0.1) is 6.42 Å². The molecule has 0 atom stereocenters. The number of nitrogens with zero attached hydrogens (tertiary/aromatic N) is 2. The molecule has 1 fully saturated rings. The molecule has 1 saturated heterocycles. The summed E-state index contributed by atoms with van der Waals surface area (Å²) in [6.45, 7) is 3.66. The molecule has 4 rings (SSSR count). The first kappa shape index (κ1) is 21.7. The number of piperidine rings is 1. The Bertz CT molecular complexity index is 950. The average molecular weight is 432 g/mol. The molecule has 0 bridgehead atoms. The number of aryl methyl sites for hydroxylation is 2. The van der Waals surface area contributed by atoms with E-state index in [1.165, 1.54) is 17.2 Å². The first-order valence-corrected chi connectivity index (χ1v) is 11.0. The van der Waals surface area contributed by atoms with Gasteiger partial charge in [0.2, 0.25) is 5.91 Å². The van der Waals surface area contributed by atoms with Crippen molar-refractivity contribution in [1.29, 1.82) is 0 Å². The largest absolute Gasteiger partial charge is 0.433 e. The van der Waals surface area contributed by atoms with Crippen LogP contribution >= 0.6 is 0 Å². The van der Waals surface area contributed by atoms with Crippen molar-refractivity contribution < 1.29 is 18.0 Å². The van der Waals surface area contributed by atoms with E-state index in [0.717, 1.165) is 43.7 Å². The first-order valence-electron chi connectivity index (χ1n) is 11.0. The number of nitrogens with one attached hydrogen (secondary N) is 1. The summed E-state index contributed by atoms with van der Waals surface area (Å²) >= 11 is 0. The molecule has 1 aliphatic carbocycles. The van der Waals surface area contributed by atoms with E-state index in [9.17, 15) is 18.0 Å². The van der Waals surface area contributed by atoms with E-state index in [1.54, 1.807) is 0 Å². The molecule has 1 aromatic carbocycles. The number of alkyl halides is 3. The van der Waals surface area contributed by atoms with Crippen LogP contribution in [0.15, 0.2) is 30.3 Å². The number of aromatic nitrogens is 1. The highest BCUT2D eigenvalue weighted by atomic mass is 19.4. The summed E-state index contributed by atoms with van der Waals surface area (Å²) in [5, 5.41) is 2.87. The van der Waals surface area contributed by atoms with Crippen molar-refractivity contribution in [3.63, 3.8) is 0 Å². The standard InChI is InChI=1S/C24H28F3N3O/c1-16-9-11-30(12-10-16)23-20(7-8-21(29-23)24(25,26)27)15-28-22(31)14-17-5-6-18-3-2-4-19(18)13-17/h5-8,13,16H,2-4,9-12,14-15H2,1H3,(H,28,31). The minimum Gasteiger partial charge on any atom is -0.356 e. The van der Waals surface area contributed by atoms with Crippen molar-refractivity contribution in [3.05, 3.63) is 58.3 Å². The summed E-state index contributed by atoms with van der Waals surface area (Å²) in [6, 6.07) is 8.63. The second-order valence-corrected chi connectivity index (χ2v) is 8.76. The van der Waals surface area contributed by atoms with Gasteiger partial charge in [0.25, 0.3) is 0 Å². The van der Waals surface area contributed by atoms with Gasteiger partial charge in [-0.2, -0.15) is 13.2 Å². The summed E-state index contributed by atoms with van der Waals surface area (Å²) < 4.78 is 39.7. The number of pyridine rings is 1. The van der Waals surface area contributed by atoms with Crippen LogP contribution in [0.4, 0.5) is 19.0 Å². The molecule has 166 valence electrons. The maximum Gasteiger partial charge on any atom is 0.433 e. The van der Waals surface area contributed by atoms with Gasteiger partial charge < -0.3 is 10.2 Å². The number of amides is 1. The molecule has 2 heterocycles. The van der Waals surface area contributed by atoms with Crippen molar-refractivity contribution in [1.82, 2.24) is 10.3 Å². The smallest absolute Gasteiger partial charge is 0.356 e. The molecule has 7 heteroatoms. The quantitative estimate of drug-likeness (QED) is 0.748. The van der Waals surface area contributed by atoms with Crippen LogP contribution in [0.3, 0.4) is 0 Å². The highest BCUT2D eigenvalue weighted by molar-refractivity contribution is 5.78. The number of hydrogen-bond acceptors (Lipinski definition) is 3. The number of fused-ring (bicyclic) bond motifs is 1. The molecular weight excluding hydrogens is 403 g/mol. The van der Waals surface area contributed by atoms with Crippen molar-refractivity contribution in [2.75, 3.05) is 18.0 Å². The monoisotopic (exact) mass is 431 g/mol. The first-order chi connectivity index (χ1) is 14.8. The Balaban J connectivity index is 1.46. The topological polar surface area (TPSA) is 45.2 Å². The van der Waals surface area contributed by atoms with E-state index < -0.39 is 11.9 Å². The molecular formula is C24H28F3N3O. The van der Waals surface area contributed by atoms with Gasteiger partial charge in [0, 0.05) is 25.2 Å². The number of carbonyl (C=O) groups excluding carboxylic acids is 1. The lowest BCUT2D eigenvalue weighted by atomic mass is 9.99. The lowest BCUT2D eigenvalue weighted by Gasteiger charge is -2.33. The van der Waals surface area contributed by atoms with Crippen LogP contribution in [0.1, 0.15) is 54.1 Å². The van der Waals surface area contributed by atoms with Gasteiger partial charge in [-0.25, -0.2) is 4.98 Å². The zero-order valence-corrected chi connectivity index (χ0v) is 17.8. The predicted molar refractivity (Wildman–Crippen MR) is 114 cm³/mol. The normalized spacial score (nSPS) is 17.0. The molecule has 1 aromatic heterocycles. The highest BCUT2D eigenvalue weighted by Gasteiger charge is 2.34. The minimum absolute atomic E-state index is 0.143. The Morgan fingerprint density at radius 2 is 1.87 bits per heavy atom. The second-order valence-electron chi connectivity index (χ2n) is 8.76. The van der Waals surface area contributed by atoms with Crippen molar-refractivity contribution in [2.24, 2.45) is 5.92 Å².